The number of nitrogens with zero attached hydrogens (tertiary/aromatic N) is 2. The quantitative estimate of drug-likeness (QED) is 0.426. The molecule has 106 valence electrons. The first-order valence-electron chi connectivity index (χ1n) is 6.64. The van der Waals surface area contributed by atoms with E-state index in [0.717, 1.165) is 5.56 Å². The molecule has 2 heterocycles. The average molecular weight is 274 g/mol. The predicted molar refractivity (Wildman–Crippen MR) is 73.8 cm³/mol. The number of carbonyl (C=O) groups is 2. The van der Waals surface area contributed by atoms with E-state index in [-0.39, 0.29) is 24.2 Å². The van der Waals surface area contributed by atoms with Gasteiger partial charge in [-0.3, -0.25) is 19.5 Å². The first-order chi connectivity index (χ1) is 9.72. The van der Waals surface area contributed by atoms with Gasteiger partial charge in [-0.15, -0.1) is 6.58 Å². The largest absolute Gasteiger partial charge is 0.376 e. The number of likely N-dealkylation sites (tertiary alicyclic amines) is 1. The molecule has 1 aromatic heterocycles. The number of imide groups is 1. The van der Waals surface area contributed by atoms with Crippen molar-refractivity contribution in [1.82, 2.24) is 9.88 Å². The van der Waals surface area contributed by atoms with Crippen molar-refractivity contribution in [1.29, 1.82) is 0 Å². The summed E-state index contributed by atoms with van der Waals surface area (Å²) in [5.74, 6) is -0.502. The van der Waals surface area contributed by atoms with Gasteiger partial charge in [0.2, 0.25) is 11.8 Å². The van der Waals surface area contributed by atoms with Crippen LogP contribution >= 0.6 is 0 Å². The molecule has 1 aliphatic heterocycles. The van der Waals surface area contributed by atoms with Crippen LogP contribution in [0, 0.1) is 5.92 Å². The molecule has 0 aromatic carbocycles. The minimum Gasteiger partial charge on any atom is -0.376 e. The maximum absolute atomic E-state index is 12.2. The second-order valence-electron chi connectivity index (χ2n) is 4.71. The number of hydrogen-bond donors (Lipinski definition) is 0. The van der Waals surface area contributed by atoms with E-state index in [9.17, 15) is 9.59 Å². The fourth-order valence-electron chi connectivity index (χ4n) is 2.27. The van der Waals surface area contributed by atoms with Crippen molar-refractivity contribution >= 4 is 11.8 Å². The summed E-state index contributed by atoms with van der Waals surface area (Å²) in [5, 5.41) is 0. The molecule has 0 radical (unpaired) electrons. The van der Waals surface area contributed by atoms with Gasteiger partial charge in [0, 0.05) is 18.8 Å². The van der Waals surface area contributed by atoms with Gasteiger partial charge in [-0.25, -0.2) is 0 Å². The lowest BCUT2D eigenvalue weighted by Gasteiger charge is -2.14. The maximum atomic E-state index is 12.2. The molecule has 0 bridgehead atoms. The van der Waals surface area contributed by atoms with Crippen LogP contribution in [0.25, 0.3) is 0 Å². The molecule has 1 saturated heterocycles. The number of ether oxygens (including phenoxy) is 1. The van der Waals surface area contributed by atoms with Gasteiger partial charge in [-0.2, -0.15) is 0 Å². The molecule has 1 aliphatic rings. The molecule has 1 aromatic rings. The van der Waals surface area contributed by atoms with Crippen LogP contribution in [0.2, 0.25) is 0 Å². The number of pyridine rings is 1. The molecular formula is C15H18N2O3. The first-order valence-corrected chi connectivity index (χ1v) is 6.64. The van der Waals surface area contributed by atoms with E-state index in [2.05, 4.69) is 11.6 Å². The fourth-order valence-corrected chi connectivity index (χ4v) is 2.27. The van der Waals surface area contributed by atoms with Gasteiger partial charge in [0.25, 0.3) is 0 Å². The Kier molecular flexibility index (Phi) is 5.01. The molecule has 1 unspecified atom stereocenters. The van der Waals surface area contributed by atoms with Gasteiger partial charge in [0.15, 0.2) is 0 Å². The Bertz CT molecular complexity index is 487. The Morgan fingerprint density at radius 3 is 3.05 bits per heavy atom. The van der Waals surface area contributed by atoms with Gasteiger partial charge < -0.3 is 4.74 Å². The van der Waals surface area contributed by atoms with E-state index in [1.54, 1.807) is 18.5 Å². The highest BCUT2D eigenvalue weighted by atomic mass is 16.5. The van der Waals surface area contributed by atoms with Crippen LogP contribution in [0.4, 0.5) is 0 Å². The van der Waals surface area contributed by atoms with Crippen molar-refractivity contribution in [2.24, 2.45) is 5.92 Å². The van der Waals surface area contributed by atoms with Gasteiger partial charge in [0.1, 0.15) is 0 Å². The number of aromatic nitrogens is 1. The molecule has 1 fully saturated rings. The van der Waals surface area contributed by atoms with Gasteiger partial charge in [0.05, 0.1) is 25.7 Å². The minimum atomic E-state index is -0.272. The third-order valence-electron chi connectivity index (χ3n) is 3.24. The van der Waals surface area contributed by atoms with E-state index < -0.39 is 0 Å². The molecule has 2 amide bonds. The summed E-state index contributed by atoms with van der Waals surface area (Å²) in [6.45, 7) is 4.63. The van der Waals surface area contributed by atoms with Crippen LogP contribution in [0.15, 0.2) is 37.2 Å². The Hall–Kier alpha value is -2.01. The van der Waals surface area contributed by atoms with E-state index in [1.807, 2.05) is 12.1 Å². The molecule has 1 atom stereocenters. The number of hydrogen-bond acceptors (Lipinski definition) is 4. The van der Waals surface area contributed by atoms with Crippen LogP contribution < -0.4 is 0 Å². The van der Waals surface area contributed by atoms with E-state index in [1.165, 1.54) is 4.90 Å². The average Bonchev–Trinajstić information content (AvgIpc) is 2.72. The zero-order valence-electron chi connectivity index (χ0n) is 11.3. The monoisotopic (exact) mass is 274 g/mol. The van der Waals surface area contributed by atoms with Gasteiger partial charge >= 0.3 is 0 Å². The fraction of sp³-hybridized carbons (Fsp3) is 0.400. The third kappa shape index (κ3) is 3.51. The predicted octanol–water partition coefficient (Wildman–Crippen LogP) is 1.20. The van der Waals surface area contributed by atoms with Crippen LogP contribution in [-0.2, 0) is 20.7 Å². The zero-order valence-corrected chi connectivity index (χ0v) is 11.3. The molecule has 0 saturated carbocycles. The number of amides is 2. The van der Waals surface area contributed by atoms with Crippen LogP contribution in [0.1, 0.15) is 12.0 Å². The van der Waals surface area contributed by atoms with Gasteiger partial charge in [-0.05, 0) is 18.1 Å². The lowest BCUT2D eigenvalue weighted by Crippen LogP contribution is -2.34. The second-order valence-corrected chi connectivity index (χ2v) is 4.71. The molecule has 5 heteroatoms. The standard InChI is InChI=1S/C15H18N2O3/c1-2-7-20-8-6-17-14(18)10-13(15(17)19)9-12-4-3-5-16-11-12/h2-5,11,13H,1,6-10H2. The maximum Gasteiger partial charge on any atom is 0.233 e. The summed E-state index contributed by atoms with van der Waals surface area (Å²) in [6.07, 6.45) is 5.89. The smallest absolute Gasteiger partial charge is 0.233 e. The molecule has 2 rings (SSSR count). The topological polar surface area (TPSA) is 59.5 Å². The Balaban J connectivity index is 1.89. The molecule has 0 spiro atoms. The van der Waals surface area contributed by atoms with Crippen molar-refractivity contribution in [2.75, 3.05) is 19.8 Å². The summed E-state index contributed by atoms with van der Waals surface area (Å²) in [4.78, 5) is 29.4. The Morgan fingerprint density at radius 2 is 2.35 bits per heavy atom. The van der Waals surface area contributed by atoms with Crippen molar-refractivity contribution in [3.8, 4) is 0 Å². The Morgan fingerprint density at radius 1 is 1.50 bits per heavy atom. The van der Waals surface area contributed by atoms with Crippen molar-refractivity contribution in [2.45, 2.75) is 12.8 Å². The van der Waals surface area contributed by atoms with Crippen molar-refractivity contribution in [3.63, 3.8) is 0 Å². The normalized spacial score (nSPS) is 18.6. The highest BCUT2D eigenvalue weighted by Gasteiger charge is 2.37. The number of carbonyl (C=O) groups excluding carboxylic acids is 2. The van der Waals surface area contributed by atoms with Crippen LogP contribution in [0.3, 0.4) is 0 Å². The summed E-state index contributed by atoms with van der Waals surface area (Å²) in [5.41, 5.74) is 0.975. The summed E-state index contributed by atoms with van der Waals surface area (Å²) in [6, 6.07) is 3.75. The van der Waals surface area contributed by atoms with E-state index in [0.29, 0.717) is 26.2 Å². The molecule has 20 heavy (non-hydrogen) atoms. The number of rotatable bonds is 7. The highest BCUT2D eigenvalue weighted by Crippen LogP contribution is 2.23. The lowest BCUT2D eigenvalue weighted by molar-refractivity contribution is -0.140. The summed E-state index contributed by atoms with van der Waals surface area (Å²) >= 11 is 0. The molecule has 0 N–H and O–H groups in total. The molecular weight excluding hydrogens is 256 g/mol. The van der Waals surface area contributed by atoms with E-state index >= 15 is 0 Å². The lowest BCUT2D eigenvalue weighted by atomic mass is 9.99. The highest BCUT2D eigenvalue weighted by molar-refractivity contribution is 6.03. The van der Waals surface area contributed by atoms with Crippen molar-refractivity contribution in [3.05, 3.63) is 42.7 Å². The first kappa shape index (κ1) is 14.4. The minimum absolute atomic E-state index is 0.110. The van der Waals surface area contributed by atoms with Crippen LogP contribution in [-0.4, -0.2) is 41.5 Å². The van der Waals surface area contributed by atoms with Crippen molar-refractivity contribution < 1.29 is 14.3 Å². The summed E-state index contributed by atoms with van der Waals surface area (Å²) < 4.78 is 5.22. The zero-order chi connectivity index (χ0) is 14.4. The third-order valence-corrected chi connectivity index (χ3v) is 3.24. The SMILES string of the molecule is C=CCOCCN1C(=O)CC(Cc2cccnc2)C1=O. The molecule has 5 nitrogen and oxygen atoms in total. The Labute approximate surface area is 118 Å². The van der Waals surface area contributed by atoms with E-state index in [4.69, 9.17) is 4.74 Å². The summed E-state index contributed by atoms with van der Waals surface area (Å²) in [7, 11) is 0. The second kappa shape index (κ2) is 6.96. The molecule has 0 aliphatic carbocycles. The van der Waals surface area contributed by atoms with Crippen LogP contribution in [0.5, 0.6) is 0 Å². The van der Waals surface area contributed by atoms with Gasteiger partial charge in [-0.1, -0.05) is 12.1 Å².